The van der Waals surface area contributed by atoms with Gasteiger partial charge < -0.3 is 9.80 Å². The molecule has 0 unspecified atom stereocenters. The van der Waals surface area contributed by atoms with Crippen LogP contribution in [0, 0.1) is 5.82 Å². The van der Waals surface area contributed by atoms with Gasteiger partial charge in [-0.2, -0.15) is 5.10 Å². The predicted molar refractivity (Wildman–Crippen MR) is 118 cm³/mol. The van der Waals surface area contributed by atoms with E-state index in [2.05, 4.69) is 10.1 Å². The molecule has 6 nitrogen and oxygen atoms in total. The second-order valence-corrected chi connectivity index (χ2v) is 7.79. The molecule has 0 atom stereocenters. The first-order chi connectivity index (χ1) is 15.7. The van der Waals surface area contributed by atoms with Gasteiger partial charge in [0, 0.05) is 50.2 Å². The predicted octanol–water partition coefficient (Wildman–Crippen LogP) is 4.00. The zero-order chi connectivity index (χ0) is 23.5. The van der Waals surface area contributed by atoms with E-state index in [-0.39, 0.29) is 23.4 Å². The summed E-state index contributed by atoms with van der Waals surface area (Å²) in [4.78, 5) is 19.8. The molecule has 156 valence electrons. The summed E-state index contributed by atoms with van der Waals surface area (Å²) in [6.45, 7) is -2.36. The highest BCUT2D eigenvalue weighted by atomic mass is 19.1. The van der Waals surface area contributed by atoms with E-state index in [0.717, 1.165) is 21.4 Å². The van der Waals surface area contributed by atoms with E-state index >= 15 is 4.39 Å². The third-order valence-electron chi connectivity index (χ3n) is 5.47. The third-order valence-corrected chi connectivity index (χ3v) is 5.47. The minimum Gasteiger partial charge on any atom is -0.377 e. The van der Waals surface area contributed by atoms with Crippen molar-refractivity contribution in [3.63, 3.8) is 0 Å². The normalized spacial score (nSPS) is 15.7. The van der Waals surface area contributed by atoms with Gasteiger partial charge in [0.05, 0.1) is 32.6 Å². The summed E-state index contributed by atoms with van der Waals surface area (Å²) in [6.07, 6.45) is 3.35. The van der Waals surface area contributed by atoms with Crippen LogP contribution in [0.15, 0.2) is 54.9 Å². The van der Waals surface area contributed by atoms with Gasteiger partial charge in [0.1, 0.15) is 5.82 Å². The van der Waals surface area contributed by atoms with Gasteiger partial charge in [0.2, 0.25) is 0 Å². The summed E-state index contributed by atoms with van der Waals surface area (Å²) in [5.41, 5.74) is 3.41. The number of hydrogen-bond donors (Lipinski definition) is 0. The number of aryl methyl sites for hydroxylation is 1. The second-order valence-electron chi connectivity index (χ2n) is 7.79. The maximum atomic E-state index is 15.6. The Labute approximate surface area is 182 Å². The van der Waals surface area contributed by atoms with Crippen molar-refractivity contribution >= 4 is 22.5 Å². The van der Waals surface area contributed by atoms with Crippen LogP contribution >= 0.6 is 0 Å². The fourth-order valence-corrected chi connectivity index (χ4v) is 4.01. The quantitative estimate of drug-likeness (QED) is 0.504. The highest BCUT2D eigenvalue weighted by molar-refractivity contribution is 5.98. The molecule has 2 aromatic heterocycles. The van der Waals surface area contributed by atoms with Crippen LogP contribution in [-0.4, -0.2) is 39.7 Å². The largest absolute Gasteiger partial charge is 0.377 e. The molecule has 0 radical (unpaired) electrons. The molecule has 0 N–H and O–H groups in total. The topological polar surface area (TPSA) is 54.3 Å². The van der Waals surface area contributed by atoms with Crippen molar-refractivity contribution in [3.8, 4) is 11.1 Å². The lowest BCUT2D eigenvalue weighted by atomic mass is 9.98. The van der Waals surface area contributed by atoms with Crippen molar-refractivity contribution in [1.82, 2.24) is 19.7 Å². The fraction of sp³-hybridized carbons (Fsp3) is 0.208. The van der Waals surface area contributed by atoms with Gasteiger partial charge in [-0.05, 0) is 41.5 Å². The molecule has 0 bridgehead atoms. The number of benzene rings is 2. The molecule has 0 aliphatic carbocycles. The van der Waals surface area contributed by atoms with Crippen molar-refractivity contribution in [2.75, 3.05) is 19.0 Å². The Morgan fingerprint density at radius 2 is 2.00 bits per heavy atom. The van der Waals surface area contributed by atoms with E-state index in [1.807, 2.05) is 37.5 Å². The van der Waals surface area contributed by atoms with E-state index in [1.54, 1.807) is 35.8 Å². The van der Waals surface area contributed by atoms with Crippen LogP contribution in [0.5, 0.6) is 0 Å². The van der Waals surface area contributed by atoms with Crippen LogP contribution in [0.3, 0.4) is 0 Å². The Morgan fingerprint density at radius 3 is 2.77 bits per heavy atom. The number of nitrogens with zero attached hydrogens (tertiary/aromatic N) is 5. The van der Waals surface area contributed by atoms with Crippen LogP contribution in [0.2, 0.25) is 0 Å². The first-order valence-electron chi connectivity index (χ1n) is 10.9. The summed E-state index contributed by atoms with van der Waals surface area (Å²) < 4.78 is 34.3. The SMILES string of the molecule is [2H]C1([2H])c2ncccc2C(=O)N1Cc1c(F)cc(-c2cccc3nn(C)cc23)cc1N(C)C. The van der Waals surface area contributed by atoms with E-state index in [1.165, 1.54) is 12.3 Å². The zero-order valence-electron chi connectivity index (χ0n) is 19.4. The van der Waals surface area contributed by atoms with Crippen LogP contribution < -0.4 is 4.90 Å². The Morgan fingerprint density at radius 1 is 1.19 bits per heavy atom. The monoisotopic (exact) mass is 417 g/mol. The van der Waals surface area contributed by atoms with Crippen molar-refractivity contribution < 1.29 is 11.9 Å². The Kier molecular flexibility index (Phi) is 3.94. The van der Waals surface area contributed by atoms with E-state index in [9.17, 15) is 4.79 Å². The van der Waals surface area contributed by atoms with Gasteiger partial charge in [-0.15, -0.1) is 0 Å². The molecule has 0 saturated carbocycles. The highest BCUT2D eigenvalue weighted by Crippen LogP contribution is 2.35. The summed E-state index contributed by atoms with van der Waals surface area (Å²) in [5.74, 6) is -1.01. The molecule has 1 aliphatic rings. The van der Waals surface area contributed by atoms with Gasteiger partial charge in [-0.1, -0.05) is 12.1 Å². The van der Waals surface area contributed by atoms with Crippen molar-refractivity contribution in [2.24, 2.45) is 7.05 Å². The molecule has 0 saturated heterocycles. The van der Waals surface area contributed by atoms with Crippen molar-refractivity contribution in [1.29, 1.82) is 0 Å². The van der Waals surface area contributed by atoms with Crippen LogP contribution in [0.25, 0.3) is 22.0 Å². The molecule has 1 aliphatic heterocycles. The van der Waals surface area contributed by atoms with Gasteiger partial charge >= 0.3 is 0 Å². The molecule has 2 aromatic carbocycles. The summed E-state index contributed by atoms with van der Waals surface area (Å²) in [5, 5.41) is 5.34. The summed E-state index contributed by atoms with van der Waals surface area (Å²) >= 11 is 0. The lowest BCUT2D eigenvalue weighted by Gasteiger charge is -2.23. The van der Waals surface area contributed by atoms with Gasteiger partial charge in [0.25, 0.3) is 5.91 Å². The number of anilines is 1. The minimum atomic E-state index is -2.14. The molecule has 7 heteroatoms. The fourth-order valence-electron chi connectivity index (χ4n) is 4.01. The molecular formula is C24H22FN5O. The standard InChI is InChI=1S/C24H22FN5O/c1-28(2)23-11-15(16-6-4-8-21-18(16)12-29(3)27-21)10-20(25)19(23)13-30-14-22-17(24(30)31)7-5-9-26-22/h4-12H,13-14H2,1-3H3/i14D2. The Bertz CT molecular complexity index is 1420. The number of amides is 1. The first kappa shape index (κ1) is 17.0. The van der Waals surface area contributed by atoms with Crippen molar-refractivity contribution in [2.45, 2.75) is 13.0 Å². The number of fused-ring (bicyclic) bond motifs is 2. The number of carbonyl (C=O) groups excluding carboxylic acids is 1. The van der Waals surface area contributed by atoms with Crippen molar-refractivity contribution in [3.05, 3.63) is 77.5 Å². The summed E-state index contributed by atoms with van der Waals surface area (Å²) in [7, 11) is 5.43. The van der Waals surface area contributed by atoms with Crippen LogP contribution in [-0.2, 0) is 20.1 Å². The molecule has 0 fully saturated rings. The average molecular weight is 417 g/mol. The number of hydrogen-bond acceptors (Lipinski definition) is 4. The second kappa shape index (κ2) is 7.19. The van der Waals surface area contributed by atoms with Crippen LogP contribution in [0.1, 0.15) is 24.4 Å². The molecule has 4 aromatic rings. The number of rotatable bonds is 4. The number of carbonyl (C=O) groups is 1. The number of halogens is 1. The average Bonchev–Trinajstić information content (AvgIpc) is 3.24. The van der Waals surface area contributed by atoms with Gasteiger partial charge in [-0.3, -0.25) is 14.5 Å². The van der Waals surface area contributed by atoms with Gasteiger partial charge in [0.15, 0.2) is 0 Å². The van der Waals surface area contributed by atoms with Crippen LogP contribution in [0.4, 0.5) is 10.1 Å². The highest BCUT2D eigenvalue weighted by Gasteiger charge is 2.30. The summed E-state index contributed by atoms with van der Waals surface area (Å²) in [6, 6.07) is 12.1. The lowest BCUT2D eigenvalue weighted by Crippen LogP contribution is -2.25. The Balaban J connectivity index is 1.61. The maximum absolute atomic E-state index is 15.6. The zero-order valence-corrected chi connectivity index (χ0v) is 17.4. The van der Waals surface area contributed by atoms with E-state index in [4.69, 9.17) is 2.74 Å². The Hall–Kier alpha value is -3.74. The third kappa shape index (κ3) is 3.22. The number of aromatic nitrogens is 3. The number of pyridine rings is 1. The molecular weight excluding hydrogens is 393 g/mol. The van der Waals surface area contributed by atoms with Gasteiger partial charge in [-0.25, -0.2) is 4.39 Å². The van der Waals surface area contributed by atoms with E-state index in [0.29, 0.717) is 11.3 Å². The smallest absolute Gasteiger partial charge is 0.256 e. The molecule has 5 rings (SSSR count). The minimum absolute atomic E-state index is 0.0571. The molecule has 1 amide bonds. The molecule has 0 spiro atoms. The lowest BCUT2D eigenvalue weighted by molar-refractivity contribution is 0.0765. The molecule has 31 heavy (non-hydrogen) atoms. The first-order valence-corrected chi connectivity index (χ1v) is 9.88. The maximum Gasteiger partial charge on any atom is 0.256 e. The molecule has 3 heterocycles. The van der Waals surface area contributed by atoms with E-state index < -0.39 is 18.2 Å².